The molecule has 0 amide bonds. The van der Waals surface area contributed by atoms with Crippen molar-refractivity contribution in [3.63, 3.8) is 0 Å². The molecule has 0 aromatic carbocycles. The van der Waals surface area contributed by atoms with E-state index in [0.29, 0.717) is 6.04 Å². The smallest absolute Gasteiger partial charge is 0.191 e. The quantitative estimate of drug-likeness (QED) is 0.421. The maximum Gasteiger partial charge on any atom is 0.191 e. The van der Waals surface area contributed by atoms with Crippen LogP contribution in [0.1, 0.15) is 46.5 Å². The number of halogens is 1. The van der Waals surface area contributed by atoms with Crippen molar-refractivity contribution in [1.29, 1.82) is 0 Å². The third-order valence-corrected chi connectivity index (χ3v) is 3.44. The number of hydrogen-bond acceptors (Lipinski definition) is 2. The highest BCUT2D eigenvalue weighted by Gasteiger charge is 2.18. The highest BCUT2D eigenvalue weighted by Crippen LogP contribution is 2.21. The molecule has 0 spiro atoms. The normalized spacial score (nSPS) is 16.8. The molecule has 1 fully saturated rings. The van der Waals surface area contributed by atoms with Gasteiger partial charge in [0.2, 0.25) is 0 Å². The Hall–Kier alpha value is -0.0400. The van der Waals surface area contributed by atoms with Crippen molar-refractivity contribution in [2.24, 2.45) is 4.99 Å². The molecule has 0 heterocycles. The van der Waals surface area contributed by atoms with Crippen molar-refractivity contribution in [3.8, 4) is 0 Å². The van der Waals surface area contributed by atoms with Crippen molar-refractivity contribution in [1.82, 2.24) is 15.5 Å². The van der Waals surface area contributed by atoms with E-state index >= 15 is 0 Å². The molecule has 0 saturated heterocycles. The highest BCUT2D eigenvalue weighted by molar-refractivity contribution is 14.0. The largest absolute Gasteiger partial charge is 0.357 e. The first-order valence-corrected chi connectivity index (χ1v) is 7.38. The molecule has 0 unspecified atom stereocenters. The van der Waals surface area contributed by atoms with Gasteiger partial charge in [0.15, 0.2) is 5.96 Å². The summed E-state index contributed by atoms with van der Waals surface area (Å²) < 4.78 is 0. The van der Waals surface area contributed by atoms with Crippen LogP contribution in [0.25, 0.3) is 0 Å². The molecule has 0 radical (unpaired) electrons. The molecule has 2 N–H and O–H groups in total. The third-order valence-electron chi connectivity index (χ3n) is 3.44. The summed E-state index contributed by atoms with van der Waals surface area (Å²) in [4.78, 5) is 7.09. The van der Waals surface area contributed by atoms with Crippen LogP contribution in [0.2, 0.25) is 0 Å². The predicted molar refractivity (Wildman–Crippen MR) is 94.6 cm³/mol. The number of nitrogens with one attached hydrogen (secondary N) is 2. The summed E-state index contributed by atoms with van der Waals surface area (Å²) in [7, 11) is 2.23. The second-order valence-corrected chi connectivity index (χ2v) is 5.48. The summed E-state index contributed by atoms with van der Waals surface area (Å²) in [6.45, 7) is 9.21. The van der Waals surface area contributed by atoms with E-state index in [1.807, 2.05) is 0 Å². The fraction of sp³-hybridized carbons (Fsp3) is 0.929. The van der Waals surface area contributed by atoms with E-state index in [0.717, 1.165) is 31.6 Å². The summed E-state index contributed by atoms with van der Waals surface area (Å²) in [6, 6.07) is 1.22. The Balaban J connectivity index is 0.00000324. The van der Waals surface area contributed by atoms with Crippen LogP contribution in [0.4, 0.5) is 0 Å². The van der Waals surface area contributed by atoms with Gasteiger partial charge in [0.1, 0.15) is 0 Å². The minimum Gasteiger partial charge on any atom is -0.357 e. The van der Waals surface area contributed by atoms with Gasteiger partial charge in [-0.15, -0.1) is 24.0 Å². The molecule has 5 heteroatoms. The summed E-state index contributed by atoms with van der Waals surface area (Å²) in [5, 5.41) is 6.62. The van der Waals surface area contributed by atoms with E-state index in [2.05, 4.69) is 48.3 Å². The Morgan fingerprint density at radius 3 is 2.47 bits per heavy atom. The summed E-state index contributed by atoms with van der Waals surface area (Å²) in [5.41, 5.74) is 0. The average Bonchev–Trinajstić information content (AvgIpc) is 2.81. The fourth-order valence-electron chi connectivity index (χ4n) is 2.44. The zero-order valence-corrected chi connectivity index (χ0v) is 15.2. The molecule has 0 aromatic rings. The average molecular weight is 382 g/mol. The maximum atomic E-state index is 4.62. The Labute approximate surface area is 135 Å². The van der Waals surface area contributed by atoms with Gasteiger partial charge in [-0.2, -0.15) is 0 Å². The lowest BCUT2D eigenvalue weighted by molar-refractivity contribution is 0.252. The van der Waals surface area contributed by atoms with Crippen molar-refractivity contribution in [2.75, 3.05) is 26.7 Å². The van der Waals surface area contributed by atoms with Gasteiger partial charge >= 0.3 is 0 Å². The molecule has 0 aliphatic heterocycles. The standard InChI is InChI=1S/C14H30N4.HI/c1-5-15-14(17-12(2)3)16-10-11-18(4)13-8-6-7-9-13;/h12-13H,5-11H2,1-4H3,(H2,15,16,17);1H. The zero-order valence-electron chi connectivity index (χ0n) is 12.9. The number of guanidine groups is 1. The van der Waals surface area contributed by atoms with Crippen molar-refractivity contribution < 1.29 is 0 Å². The lowest BCUT2D eigenvalue weighted by Crippen LogP contribution is -2.41. The first-order chi connectivity index (χ1) is 8.63. The molecule has 1 rings (SSSR count). The van der Waals surface area contributed by atoms with Gasteiger partial charge in [0.05, 0.1) is 6.54 Å². The molecule has 19 heavy (non-hydrogen) atoms. The summed E-state index contributed by atoms with van der Waals surface area (Å²) in [6.07, 6.45) is 5.53. The van der Waals surface area contributed by atoms with E-state index in [1.165, 1.54) is 25.7 Å². The van der Waals surface area contributed by atoms with Crippen LogP contribution in [0, 0.1) is 0 Å². The Bertz CT molecular complexity index is 250. The van der Waals surface area contributed by atoms with Gasteiger partial charge in [-0.3, -0.25) is 4.99 Å². The number of likely N-dealkylation sites (N-methyl/N-ethyl adjacent to an activating group) is 1. The topological polar surface area (TPSA) is 39.7 Å². The van der Waals surface area contributed by atoms with E-state index in [1.54, 1.807) is 0 Å². The molecular weight excluding hydrogens is 351 g/mol. The van der Waals surface area contributed by atoms with Gasteiger partial charge in [-0.05, 0) is 40.7 Å². The Morgan fingerprint density at radius 2 is 1.95 bits per heavy atom. The van der Waals surface area contributed by atoms with Crippen molar-refractivity contribution in [3.05, 3.63) is 0 Å². The van der Waals surface area contributed by atoms with Crippen LogP contribution in [0.15, 0.2) is 4.99 Å². The van der Waals surface area contributed by atoms with Crippen LogP contribution < -0.4 is 10.6 Å². The van der Waals surface area contributed by atoms with E-state index in [-0.39, 0.29) is 24.0 Å². The minimum atomic E-state index is 0. The van der Waals surface area contributed by atoms with Crippen LogP contribution in [-0.4, -0.2) is 49.6 Å². The van der Waals surface area contributed by atoms with Crippen LogP contribution in [-0.2, 0) is 0 Å². The van der Waals surface area contributed by atoms with Crippen molar-refractivity contribution >= 4 is 29.9 Å². The number of rotatable bonds is 6. The predicted octanol–water partition coefficient (Wildman–Crippen LogP) is 2.44. The van der Waals surface area contributed by atoms with Gasteiger partial charge in [-0.1, -0.05) is 12.8 Å². The molecular formula is C14H31IN4. The minimum absolute atomic E-state index is 0. The fourth-order valence-corrected chi connectivity index (χ4v) is 2.44. The van der Waals surface area contributed by atoms with Crippen molar-refractivity contribution in [2.45, 2.75) is 58.5 Å². The summed E-state index contributed by atoms with van der Waals surface area (Å²) >= 11 is 0. The monoisotopic (exact) mass is 382 g/mol. The number of hydrogen-bond donors (Lipinski definition) is 2. The summed E-state index contributed by atoms with van der Waals surface area (Å²) in [5.74, 6) is 0.937. The highest BCUT2D eigenvalue weighted by atomic mass is 127. The van der Waals surface area contributed by atoms with Gasteiger partial charge in [-0.25, -0.2) is 0 Å². The lowest BCUT2D eigenvalue weighted by atomic mass is 10.2. The van der Waals surface area contributed by atoms with Crippen LogP contribution >= 0.6 is 24.0 Å². The van der Waals surface area contributed by atoms with Gasteiger partial charge in [0, 0.05) is 25.2 Å². The SMILES string of the molecule is CCNC(=NCCN(C)C1CCCC1)NC(C)C.I. The van der Waals surface area contributed by atoms with E-state index in [9.17, 15) is 0 Å². The second kappa shape index (κ2) is 10.7. The Kier molecular flexibility index (Phi) is 10.7. The molecule has 1 aliphatic rings. The maximum absolute atomic E-state index is 4.62. The second-order valence-electron chi connectivity index (χ2n) is 5.48. The van der Waals surface area contributed by atoms with Gasteiger partial charge < -0.3 is 15.5 Å². The van der Waals surface area contributed by atoms with Crippen LogP contribution in [0.3, 0.4) is 0 Å². The molecule has 4 nitrogen and oxygen atoms in total. The molecule has 1 saturated carbocycles. The first kappa shape index (κ1) is 19.0. The van der Waals surface area contributed by atoms with E-state index < -0.39 is 0 Å². The number of aliphatic imine (C=N–C) groups is 1. The Morgan fingerprint density at radius 1 is 1.32 bits per heavy atom. The van der Waals surface area contributed by atoms with Gasteiger partial charge in [0.25, 0.3) is 0 Å². The third kappa shape index (κ3) is 7.97. The first-order valence-electron chi connectivity index (χ1n) is 7.38. The lowest BCUT2D eigenvalue weighted by Gasteiger charge is -2.23. The molecule has 114 valence electrons. The molecule has 1 aliphatic carbocycles. The van der Waals surface area contributed by atoms with E-state index in [4.69, 9.17) is 0 Å². The number of nitrogens with zero attached hydrogens (tertiary/aromatic N) is 2. The molecule has 0 bridgehead atoms. The molecule has 0 aromatic heterocycles. The zero-order chi connectivity index (χ0) is 13.4. The molecule has 0 atom stereocenters. The van der Waals surface area contributed by atoms with Crippen LogP contribution in [0.5, 0.6) is 0 Å².